The summed E-state index contributed by atoms with van der Waals surface area (Å²) in [5.74, 6) is 0.581. The molecular formula is C15H21ClF4O4. The van der Waals surface area contributed by atoms with Crippen molar-refractivity contribution >= 4 is 17.7 Å². The number of halogens is 5. The van der Waals surface area contributed by atoms with E-state index in [1.165, 1.54) is 0 Å². The first-order chi connectivity index (χ1) is 11.4. The first-order valence-corrected chi connectivity index (χ1v) is 7.14. The van der Waals surface area contributed by atoms with Crippen molar-refractivity contribution in [1.82, 2.24) is 0 Å². The summed E-state index contributed by atoms with van der Waals surface area (Å²) in [6.45, 7) is -0.773. The molecule has 0 saturated heterocycles. The van der Waals surface area contributed by atoms with Crippen LogP contribution in [0.25, 0.3) is 6.08 Å². The van der Waals surface area contributed by atoms with E-state index in [1.54, 1.807) is 0 Å². The van der Waals surface area contributed by atoms with Crippen molar-refractivity contribution in [2.24, 2.45) is 0 Å². The number of alkyl halides is 5. The van der Waals surface area contributed by atoms with Crippen LogP contribution in [0.4, 0.5) is 17.6 Å². The number of aliphatic hydroxyl groups excluding tert-OH is 2. The minimum absolute atomic E-state index is 0.217. The maximum absolute atomic E-state index is 12.1. The first kappa shape index (κ1) is 25.1. The van der Waals surface area contributed by atoms with Crippen LogP contribution in [-0.2, 0) is 15.4 Å². The van der Waals surface area contributed by atoms with Gasteiger partial charge in [-0.25, -0.2) is 8.78 Å². The highest BCUT2D eigenvalue weighted by Crippen LogP contribution is 2.15. The fourth-order valence-corrected chi connectivity index (χ4v) is 1.30. The maximum atomic E-state index is 12.1. The van der Waals surface area contributed by atoms with Crippen molar-refractivity contribution in [2.45, 2.75) is 12.0 Å². The molecule has 0 aliphatic heterocycles. The Labute approximate surface area is 143 Å². The van der Waals surface area contributed by atoms with Gasteiger partial charge in [0.1, 0.15) is 6.61 Å². The lowest BCUT2D eigenvalue weighted by molar-refractivity contribution is -0.279. The van der Waals surface area contributed by atoms with Gasteiger partial charge in [0.2, 0.25) is 0 Å². The van der Waals surface area contributed by atoms with Gasteiger partial charge in [-0.15, -0.1) is 11.6 Å². The molecule has 0 spiro atoms. The summed E-state index contributed by atoms with van der Waals surface area (Å²) in [4.78, 5) is 0. The Balaban J connectivity index is 0. The molecule has 0 unspecified atom stereocenters. The Morgan fingerprint density at radius 1 is 1.17 bits per heavy atom. The molecular weight excluding hydrogens is 356 g/mol. The fourth-order valence-electron chi connectivity index (χ4n) is 1.12. The summed E-state index contributed by atoms with van der Waals surface area (Å²) >= 11 is 5.60. The number of aliphatic hydroxyl groups is 2. The SMILES string of the molecule is C=Cc1ccc(CCl)cc1.OCCOCC(F)(F)OCF.OCF. The average molecular weight is 377 g/mol. The van der Waals surface area contributed by atoms with Gasteiger partial charge in [-0.05, 0) is 11.1 Å². The molecule has 0 aromatic heterocycles. The summed E-state index contributed by atoms with van der Waals surface area (Å²) in [6.07, 6.45) is -1.79. The third-order valence-corrected chi connectivity index (χ3v) is 2.45. The van der Waals surface area contributed by atoms with E-state index in [9.17, 15) is 17.6 Å². The predicted molar refractivity (Wildman–Crippen MR) is 84.2 cm³/mol. The molecule has 0 radical (unpaired) electrons. The van der Waals surface area contributed by atoms with Crippen LogP contribution in [0.5, 0.6) is 0 Å². The van der Waals surface area contributed by atoms with Crippen LogP contribution in [0.1, 0.15) is 11.1 Å². The number of hydrogen-bond acceptors (Lipinski definition) is 4. The lowest BCUT2D eigenvalue weighted by atomic mass is 10.1. The smallest absolute Gasteiger partial charge is 0.381 e. The van der Waals surface area contributed by atoms with Crippen molar-refractivity contribution in [3.8, 4) is 0 Å². The van der Waals surface area contributed by atoms with Gasteiger partial charge in [-0.3, -0.25) is 4.74 Å². The second-order valence-corrected chi connectivity index (χ2v) is 4.13. The molecule has 0 amide bonds. The molecule has 0 aliphatic carbocycles. The molecule has 140 valence electrons. The van der Waals surface area contributed by atoms with Crippen LogP contribution in [0.15, 0.2) is 30.8 Å². The summed E-state index contributed by atoms with van der Waals surface area (Å²) in [7, 11) is 0. The minimum atomic E-state index is -3.61. The van der Waals surface area contributed by atoms with Gasteiger partial charge in [0.25, 0.3) is 0 Å². The summed E-state index contributed by atoms with van der Waals surface area (Å²) in [5.41, 5.74) is 2.28. The molecule has 0 bridgehead atoms. The van der Waals surface area contributed by atoms with Crippen molar-refractivity contribution in [2.75, 3.05) is 33.5 Å². The summed E-state index contributed by atoms with van der Waals surface area (Å²) < 4.78 is 52.8. The Morgan fingerprint density at radius 2 is 1.71 bits per heavy atom. The third kappa shape index (κ3) is 15.7. The van der Waals surface area contributed by atoms with Gasteiger partial charge in [0.05, 0.1) is 13.2 Å². The molecule has 0 aliphatic rings. The minimum Gasteiger partial charge on any atom is -0.394 e. The van der Waals surface area contributed by atoms with E-state index in [0.717, 1.165) is 11.1 Å². The quantitative estimate of drug-likeness (QED) is 0.414. The highest BCUT2D eigenvalue weighted by Gasteiger charge is 2.30. The standard InChI is InChI=1S/C9H9Cl.C5H9F3O3.CH3FO/c1-2-8-3-5-9(7-10)6-4-8;6-4-11-5(7,8)3-10-2-1-9;2-1-3/h2-6H,1,7H2;9H,1-4H2;3H,1H2. The normalized spacial score (nSPS) is 10.1. The van der Waals surface area contributed by atoms with Gasteiger partial charge in [0, 0.05) is 5.88 Å². The summed E-state index contributed by atoms with van der Waals surface area (Å²) in [5, 5.41) is 15.0. The fraction of sp³-hybridized carbons (Fsp3) is 0.467. The number of rotatable bonds is 8. The molecule has 4 nitrogen and oxygen atoms in total. The molecule has 1 rings (SSSR count). The highest BCUT2D eigenvalue weighted by atomic mass is 35.5. The zero-order chi connectivity index (χ0) is 18.8. The van der Waals surface area contributed by atoms with Crippen molar-refractivity contribution in [3.05, 3.63) is 42.0 Å². The van der Waals surface area contributed by atoms with E-state index >= 15 is 0 Å². The van der Waals surface area contributed by atoms with E-state index in [-0.39, 0.29) is 13.2 Å². The average Bonchev–Trinajstić information content (AvgIpc) is 2.56. The lowest BCUT2D eigenvalue weighted by Gasteiger charge is -2.13. The van der Waals surface area contributed by atoms with Gasteiger partial charge < -0.3 is 14.9 Å². The van der Waals surface area contributed by atoms with Crippen LogP contribution in [-0.4, -0.2) is 49.9 Å². The largest absolute Gasteiger partial charge is 0.394 e. The van der Waals surface area contributed by atoms with Crippen LogP contribution >= 0.6 is 11.6 Å². The second-order valence-electron chi connectivity index (χ2n) is 3.87. The Hall–Kier alpha value is -1.19. The number of benzene rings is 1. The first-order valence-electron chi connectivity index (χ1n) is 6.61. The molecule has 9 heteroatoms. The predicted octanol–water partition coefficient (Wildman–Crippen LogP) is 3.51. The molecule has 1 aromatic rings. The molecule has 0 saturated carbocycles. The third-order valence-electron chi connectivity index (χ3n) is 2.14. The van der Waals surface area contributed by atoms with Gasteiger partial charge in [-0.1, -0.05) is 36.9 Å². The van der Waals surface area contributed by atoms with E-state index < -0.39 is 26.4 Å². The molecule has 2 N–H and O–H groups in total. The van der Waals surface area contributed by atoms with E-state index in [1.807, 2.05) is 30.3 Å². The van der Waals surface area contributed by atoms with E-state index in [4.69, 9.17) is 21.8 Å². The molecule has 0 fully saturated rings. The Morgan fingerprint density at radius 3 is 2.08 bits per heavy atom. The molecule has 0 atom stereocenters. The van der Waals surface area contributed by atoms with Crippen LogP contribution in [0.2, 0.25) is 0 Å². The molecule has 0 heterocycles. The van der Waals surface area contributed by atoms with E-state index in [0.29, 0.717) is 5.88 Å². The van der Waals surface area contributed by atoms with Crippen LogP contribution < -0.4 is 0 Å². The maximum Gasteiger partial charge on any atom is 0.381 e. The lowest BCUT2D eigenvalue weighted by Crippen LogP contribution is -2.27. The molecule has 1 aromatic carbocycles. The van der Waals surface area contributed by atoms with Crippen molar-refractivity contribution < 1.29 is 37.2 Å². The van der Waals surface area contributed by atoms with Crippen molar-refractivity contribution in [3.63, 3.8) is 0 Å². The molecule has 24 heavy (non-hydrogen) atoms. The van der Waals surface area contributed by atoms with Crippen LogP contribution in [0, 0.1) is 0 Å². The van der Waals surface area contributed by atoms with Gasteiger partial charge in [0.15, 0.2) is 13.7 Å². The Kier molecular flexibility index (Phi) is 17.4. The zero-order valence-electron chi connectivity index (χ0n) is 12.9. The highest BCUT2D eigenvalue weighted by molar-refractivity contribution is 6.17. The number of hydrogen-bond donors (Lipinski definition) is 2. The van der Waals surface area contributed by atoms with Gasteiger partial charge in [-0.2, -0.15) is 8.78 Å². The van der Waals surface area contributed by atoms with Gasteiger partial charge >= 0.3 is 6.11 Å². The van der Waals surface area contributed by atoms with Crippen LogP contribution in [0.3, 0.4) is 0 Å². The van der Waals surface area contributed by atoms with E-state index in [2.05, 4.69) is 16.1 Å². The topological polar surface area (TPSA) is 58.9 Å². The number of ether oxygens (including phenoxy) is 2. The Bertz CT molecular complexity index is 405. The zero-order valence-corrected chi connectivity index (χ0v) is 13.7. The monoisotopic (exact) mass is 376 g/mol. The second kappa shape index (κ2) is 16.7. The van der Waals surface area contributed by atoms with Crippen molar-refractivity contribution in [1.29, 1.82) is 0 Å². The summed E-state index contributed by atoms with van der Waals surface area (Å²) in [6, 6.07) is 8.02.